The summed E-state index contributed by atoms with van der Waals surface area (Å²) in [5, 5.41) is 0.675. The van der Waals surface area contributed by atoms with Crippen LogP contribution in [0.2, 0.25) is 0 Å². The second kappa shape index (κ2) is 8.16. The van der Waals surface area contributed by atoms with Crippen molar-refractivity contribution in [1.29, 1.82) is 0 Å². The Morgan fingerprint density at radius 3 is 2.90 bits per heavy atom. The summed E-state index contributed by atoms with van der Waals surface area (Å²) >= 11 is 1.55. The number of Topliss-reactive ketones (excluding diaryl/α,β-unsaturated/α-hetero) is 1. The predicted molar refractivity (Wildman–Crippen MR) is 109 cm³/mol. The van der Waals surface area contributed by atoms with Crippen LogP contribution in [0.25, 0.3) is 10.2 Å². The first-order valence-electron chi connectivity index (χ1n) is 9.44. The van der Waals surface area contributed by atoms with E-state index in [4.69, 9.17) is 9.47 Å². The Morgan fingerprint density at radius 1 is 1.24 bits per heavy atom. The van der Waals surface area contributed by atoms with Gasteiger partial charge in [0.25, 0.3) is 5.56 Å². The SMILES string of the molecule is CC(=O)c1cccc(OCC(=O)OCc2nc3sc4c(c3c(=O)[nH]2)CCCC4)c1. The molecule has 0 fully saturated rings. The van der Waals surface area contributed by atoms with Crippen molar-refractivity contribution in [2.45, 2.75) is 39.2 Å². The van der Waals surface area contributed by atoms with Gasteiger partial charge in [-0.1, -0.05) is 12.1 Å². The molecule has 8 heteroatoms. The Bertz CT molecular complexity index is 1150. The number of aromatic nitrogens is 2. The van der Waals surface area contributed by atoms with E-state index >= 15 is 0 Å². The summed E-state index contributed by atoms with van der Waals surface area (Å²) in [5.74, 6) is 0.0462. The number of aryl methyl sites for hydroxylation is 2. The maximum Gasteiger partial charge on any atom is 0.344 e. The monoisotopic (exact) mass is 412 g/mol. The topological polar surface area (TPSA) is 98.3 Å². The number of fused-ring (bicyclic) bond motifs is 3. The standard InChI is InChI=1S/C21H20N2O5S/c1-12(24)13-5-4-6-14(9-13)27-11-18(25)28-10-17-22-20(26)19-15-7-2-3-8-16(15)29-21(19)23-17/h4-6,9H,2-3,7-8,10-11H2,1H3,(H,22,23,26). The van der Waals surface area contributed by atoms with E-state index in [0.29, 0.717) is 27.4 Å². The van der Waals surface area contributed by atoms with Crippen LogP contribution in [0.3, 0.4) is 0 Å². The van der Waals surface area contributed by atoms with Gasteiger partial charge in [0, 0.05) is 10.4 Å². The molecule has 0 bridgehead atoms. The molecule has 29 heavy (non-hydrogen) atoms. The normalized spacial score (nSPS) is 13.1. The fourth-order valence-corrected chi connectivity index (χ4v) is 4.70. The summed E-state index contributed by atoms with van der Waals surface area (Å²) in [6.07, 6.45) is 4.13. The van der Waals surface area contributed by atoms with Crippen LogP contribution in [0.15, 0.2) is 29.1 Å². The molecule has 1 N–H and O–H groups in total. The number of nitrogens with zero attached hydrogens (tertiary/aromatic N) is 1. The zero-order valence-corrected chi connectivity index (χ0v) is 16.8. The Hall–Kier alpha value is -3.00. The number of aromatic amines is 1. The molecular formula is C21H20N2O5S. The third kappa shape index (κ3) is 4.22. The van der Waals surface area contributed by atoms with Crippen molar-refractivity contribution in [2.75, 3.05) is 6.61 Å². The van der Waals surface area contributed by atoms with Crippen molar-refractivity contribution in [1.82, 2.24) is 9.97 Å². The summed E-state index contributed by atoms with van der Waals surface area (Å²) < 4.78 is 10.6. The van der Waals surface area contributed by atoms with Gasteiger partial charge in [-0.3, -0.25) is 9.59 Å². The second-order valence-electron chi connectivity index (χ2n) is 6.94. The van der Waals surface area contributed by atoms with Crippen LogP contribution in [0.4, 0.5) is 0 Å². The summed E-state index contributed by atoms with van der Waals surface area (Å²) in [4.78, 5) is 45.0. The Kier molecular flexibility index (Phi) is 5.44. The van der Waals surface area contributed by atoms with Gasteiger partial charge in [0.1, 0.15) is 23.0 Å². The van der Waals surface area contributed by atoms with Gasteiger partial charge in [-0.25, -0.2) is 9.78 Å². The van der Waals surface area contributed by atoms with Crippen LogP contribution in [0.5, 0.6) is 5.75 Å². The molecule has 3 aromatic rings. The van der Waals surface area contributed by atoms with E-state index in [1.54, 1.807) is 35.6 Å². The summed E-state index contributed by atoms with van der Waals surface area (Å²) in [7, 11) is 0. The number of rotatable bonds is 6. The second-order valence-corrected chi connectivity index (χ2v) is 8.02. The first kappa shape index (κ1) is 19.3. The van der Waals surface area contributed by atoms with Gasteiger partial charge in [0.15, 0.2) is 12.4 Å². The molecule has 1 aliphatic carbocycles. The van der Waals surface area contributed by atoms with Crippen LogP contribution in [0, 0.1) is 0 Å². The molecule has 0 radical (unpaired) electrons. The zero-order chi connectivity index (χ0) is 20.4. The number of H-pyrrole nitrogens is 1. The predicted octanol–water partition coefficient (Wildman–Crippen LogP) is 3.19. The van der Waals surface area contributed by atoms with Crippen molar-refractivity contribution in [3.8, 4) is 5.75 Å². The summed E-state index contributed by atoms with van der Waals surface area (Å²) in [6.45, 7) is 1.02. The number of ketones is 1. The highest BCUT2D eigenvalue weighted by atomic mass is 32.1. The number of carbonyl (C=O) groups is 2. The molecule has 4 rings (SSSR count). The number of hydrogen-bond acceptors (Lipinski definition) is 7. The quantitative estimate of drug-likeness (QED) is 0.493. The van der Waals surface area contributed by atoms with E-state index in [0.717, 1.165) is 31.2 Å². The smallest absolute Gasteiger partial charge is 0.344 e. The number of esters is 1. The van der Waals surface area contributed by atoms with Gasteiger partial charge < -0.3 is 14.5 Å². The van der Waals surface area contributed by atoms with Crippen LogP contribution >= 0.6 is 11.3 Å². The van der Waals surface area contributed by atoms with Crippen molar-refractivity contribution >= 4 is 33.3 Å². The van der Waals surface area contributed by atoms with Crippen LogP contribution in [-0.2, 0) is 29.0 Å². The number of benzene rings is 1. The third-order valence-corrected chi connectivity index (χ3v) is 6.03. The average molecular weight is 412 g/mol. The average Bonchev–Trinajstić information content (AvgIpc) is 3.09. The van der Waals surface area contributed by atoms with E-state index in [2.05, 4.69) is 9.97 Å². The molecule has 2 aromatic heterocycles. The highest BCUT2D eigenvalue weighted by Crippen LogP contribution is 2.33. The molecule has 2 heterocycles. The molecule has 0 unspecified atom stereocenters. The maximum absolute atomic E-state index is 12.5. The lowest BCUT2D eigenvalue weighted by molar-refractivity contribution is -0.147. The molecular weight excluding hydrogens is 392 g/mol. The lowest BCUT2D eigenvalue weighted by Crippen LogP contribution is -2.18. The van der Waals surface area contributed by atoms with Crippen molar-refractivity contribution in [3.63, 3.8) is 0 Å². The minimum atomic E-state index is -0.591. The van der Waals surface area contributed by atoms with E-state index in [1.165, 1.54) is 11.8 Å². The molecule has 7 nitrogen and oxygen atoms in total. The molecule has 150 valence electrons. The molecule has 0 saturated heterocycles. The number of carbonyl (C=O) groups excluding carboxylic acids is 2. The van der Waals surface area contributed by atoms with Gasteiger partial charge in [-0.05, 0) is 50.3 Å². The van der Waals surface area contributed by atoms with Gasteiger partial charge in [-0.2, -0.15) is 0 Å². The van der Waals surface area contributed by atoms with E-state index in [1.807, 2.05) is 0 Å². The molecule has 1 aliphatic rings. The van der Waals surface area contributed by atoms with E-state index in [-0.39, 0.29) is 24.6 Å². The number of hydrogen-bond donors (Lipinski definition) is 1. The van der Waals surface area contributed by atoms with Gasteiger partial charge in [0.2, 0.25) is 0 Å². The minimum absolute atomic E-state index is 0.0845. The highest BCUT2D eigenvalue weighted by Gasteiger charge is 2.20. The lowest BCUT2D eigenvalue weighted by atomic mass is 9.97. The van der Waals surface area contributed by atoms with Crippen LogP contribution in [-0.4, -0.2) is 28.3 Å². The Labute approximate surface area is 170 Å². The lowest BCUT2D eigenvalue weighted by Gasteiger charge is -2.09. The number of nitrogens with one attached hydrogen (secondary N) is 1. The Morgan fingerprint density at radius 2 is 2.07 bits per heavy atom. The summed E-state index contributed by atoms with van der Waals surface area (Å²) in [6, 6.07) is 6.59. The molecule has 1 aromatic carbocycles. The van der Waals surface area contributed by atoms with Crippen molar-refractivity contribution < 1.29 is 19.1 Å². The van der Waals surface area contributed by atoms with Crippen molar-refractivity contribution in [3.05, 3.63) is 56.4 Å². The maximum atomic E-state index is 12.5. The zero-order valence-electron chi connectivity index (χ0n) is 15.9. The van der Waals surface area contributed by atoms with E-state index < -0.39 is 5.97 Å². The first-order chi connectivity index (χ1) is 14.0. The number of thiophene rings is 1. The third-order valence-electron chi connectivity index (χ3n) is 4.84. The van der Waals surface area contributed by atoms with Gasteiger partial charge in [0.05, 0.1) is 5.39 Å². The van der Waals surface area contributed by atoms with Crippen LogP contribution < -0.4 is 10.3 Å². The fourth-order valence-electron chi connectivity index (χ4n) is 3.41. The summed E-state index contributed by atoms with van der Waals surface area (Å²) in [5.41, 5.74) is 1.44. The van der Waals surface area contributed by atoms with Crippen molar-refractivity contribution in [2.24, 2.45) is 0 Å². The number of ether oxygens (including phenoxy) is 2. The Balaban J connectivity index is 1.39. The molecule has 0 amide bonds. The largest absolute Gasteiger partial charge is 0.482 e. The molecule has 0 atom stereocenters. The fraction of sp³-hybridized carbons (Fsp3) is 0.333. The van der Waals surface area contributed by atoms with E-state index in [9.17, 15) is 14.4 Å². The molecule has 0 saturated carbocycles. The molecule has 0 spiro atoms. The van der Waals surface area contributed by atoms with Gasteiger partial charge in [-0.15, -0.1) is 11.3 Å². The van der Waals surface area contributed by atoms with Crippen LogP contribution in [0.1, 0.15) is 46.4 Å². The minimum Gasteiger partial charge on any atom is -0.482 e. The highest BCUT2D eigenvalue weighted by molar-refractivity contribution is 7.18. The van der Waals surface area contributed by atoms with Gasteiger partial charge >= 0.3 is 5.97 Å². The molecule has 0 aliphatic heterocycles. The first-order valence-corrected chi connectivity index (χ1v) is 10.3.